The van der Waals surface area contributed by atoms with Gasteiger partial charge in [-0.05, 0) is 12.8 Å². The molecule has 0 aromatic rings. The van der Waals surface area contributed by atoms with Crippen LogP contribution in [0.5, 0.6) is 0 Å². The zero-order chi connectivity index (χ0) is 33.4. The lowest BCUT2D eigenvalue weighted by atomic mass is 10.0. The zero-order valence-electron chi connectivity index (χ0n) is 31.5. The van der Waals surface area contributed by atoms with E-state index in [1.807, 2.05) is 0 Å². The highest BCUT2D eigenvalue weighted by Crippen LogP contribution is 2.16. The van der Waals surface area contributed by atoms with Gasteiger partial charge in [-0.25, -0.2) is 0 Å². The van der Waals surface area contributed by atoms with Gasteiger partial charge in [0.1, 0.15) is 0 Å². The number of hydrogen-bond donors (Lipinski definition) is 0. The van der Waals surface area contributed by atoms with Crippen LogP contribution in [0.1, 0.15) is 245 Å². The van der Waals surface area contributed by atoms with Crippen molar-refractivity contribution in [3.05, 3.63) is 0 Å². The summed E-state index contributed by atoms with van der Waals surface area (Å²) in [6, 6.07) is 0. The van der Waals surface area contributed by atoms with Gasteiger partial charge in [-0.15, -0.1) is 0 Å². The molecule has 0 aromatic carbocycles. The molecule has 0 rings (SSSR count). The van der Waals surface area contributed by atoms with Crippen LogP contribution in [0.4, 0.5) is 0 Å². The molecule has 0 aliphatic carbocycles. The van der Waals surface area contributed by atoms with E-state index in [1.54, 1.807) is 0 Å². The molecule has 4 heteroatoms. The van der Waals surface area contributed by atoms with E-state index in [0.29, 0.717) is 13.2 Å². The van der Waals surface area contributed by atoms with Crippen LogP contribution in [0.2, 0.25) is 0 Å². The summed E-state index contributed by atoms with van der Waals surface area (Å²) in [4.78, 5) is 23.9. The Morgan fingerprint density at radius 2 is 0.457 bits per heavy atom. The van der Waals surface area contributed by atoms with E-state index in [9.17, 15) is 9.59 Å². The third kappa shape index (κ3) is 39.1. The van der Waals surface area contributed by atoms with Crippen LogP contribution < -0.4 is 0 Å². The maximum Gasteiger partial charge on any atom is 0.306 e. The first-order chi connectivity index (χ1) is 22.7. The molecule has 0 aliphatic heterocycles. The second kappa shape index (κ2) is 40.1. The second-order valence-corrected chi connectivity index (χ2v) is 14.3. The van der Waals surface area contributed by atoms with Gasteiger partial charge in [0.05, 0.1) is 26.1 Å². The minimum Gasteiger partial charge on any atom is -0.466 e. The van der Waals surface area contributed by atoms with Crippen molar-refractivity contribution < 1.29 is 19.1 Å². The van der Waals surface area contributed by atoms with Crippen LogP contribution >= 0.6 is 0 Å². The van der Waals surface area contributed by atoms with Crippen LogP contribution in [0.3, 0.4) is 0 Å². The number of unbranched alkanes of at least 4 members (excludes halogenated alkanes) is 32. The molecule has 0 heterocycles. The molecule has 274 valence electrons. The van der Waals surface area contributed by atoms with Gasteiger partial charge in [0.25, 0.3) is 0 Å². The third-order valence-corrected chi connectivity index (χ3v) is 9.56. The maximum atomic E-state index is 11.9. The Bertz CT molecular complexity index is 552. The Morgan fingerprint density at radius 1 is 0.283 bits per heavy atom. The molecular formula is C42H82O4. The van der Waals surface area contributed by atoms with Gasteiger partial charge >= 0.3 is 11.9 Å². The lowest BCUT2D eigenvalue weighted by Gasteiger charge is -2.07. The lowest BCUT2D eigenvalue weighted by molar-refractivity contribution is -0.150. The first kappa shape index (κ1) is 44.9. The van der Waals surface area contributed by atoms with E-state index in [0.717, 1.165) is 25.7 Å². The molecule has 0 fully saturated rings. The fourth-order valence-electron chi connectivity index (χ4n) is 6.37. The minimum atomic E-state index is -0.272. The van der Waals surface area contributed by atoms with Crippen molar-refractivity contribution in [3.8, 4) is 0 Å². The van der Waals surface area contributed by atoms with Gasteiger partial charge < -0.3 is 9.47 Å². The van der Waals surface area contributed by atoms with Gasteiger partial charge in [0.15, 0.2) is 0 Å². The molecule has 0 N–H and O–H groups in total. The van der Waals surface area contributed by atoms with E-state index < -0.39 is 0 Å². The van der Waals surface area contributed by atoms with Crippen molar-refractivity contribution in [1.29, 1.82) is 0 Å². The summed E-state index contributed by atoms with van der Waals surface area (Å²) < 4.78 is 10.6. The van der Waals surface area contributed by atoms with E-state index >= 15 is 0 Å². The first-order valence-corrected chi connectivity index (χ1v) is 21.0. The quantitative estimate of drug-likeness (QED) is 0.0490. The summed E-state index contributed by atoms with van der Waals surface area (Å²) >= 11 is 0. The number of rotatable bonds is 39. The molecule has 46 heavy (non-hydrogen) atoms. The molecule has 0 spiro atoms. The van der Waals surface area contributed by atoms with Crippen LogP contribution in [-0.4, -0.2) is 25.2 Å². The Labute approximate surface area is 288 Å². The molecule has 0 radical (unpaired) electrons. The predicted octanol–water partition coefficient (Wildman–Crippen LogP) is 14.2. The Kier molecular flexibility index (Phi) is 39.2. The van der Waals surface area contributed by atoms with Gasteiger partial charge in [-0.2, -0.15) is 0 Å². The van der Waals surface area contributed by atoms with Crippen LogP contribution in [-0.2, 0) is 19.1 Å². The summed E-state index contributed by atoms with van der Waals surface area (Å²) in [5, 5.41) is 0. The van der Waals surface area contributed by atoms with E-state index in [2.05, 4.69) is 13.8 Å². The lowest BCUT2D eigenvalue weighted by Crippen LogP contribution is -2.11. The van der Waals surface area contributed by atoms with Gasteiger partial charge in [-0.3, -0.25) is 9.59 Å². The summed E-state index contributed by atoms with van der Waals surface area (Å²) in [5.41, 5.74) is 0. The number of hydrogen-bond acceptors (Lipinski definition) is 4. The highest BCUT2D eigenvalue weighted by Gasteiger charge is 2.09. The van der Waals surface area contributed by atoms with Crippen LogP contribution in [0.15, 0.2) is 0 Å². The van der Waals surface area contributed by atoms with Crippen molar-refractivity contribution in [3.63, 3.8) is 0 Å². The average Bonchev–Trinajstić information content (AvgIpc) is 3.06. The first-order valence-electron chi connectivity index (χ1n) is 21.0. The van der Waals surface area contributed by atoms with Gasteiger partial charge in [0, 0.05) is 0 Å². The monoisotopic (exact) mass is 651 g/mol. The van der Waals surface area contributed by atoms with Gasteiger partial charge in [-0.1, -0.05) is 219 Å². The third-order valence-electron chi connectivity index (χ3n) is 9.56. The van der Waals surface area contributed by atoms with E-state index in [-0.39, 0.29) is 24.8 Å². The minimum absolute atomic E-state index is 0.136. The van der Waals surface area contributed by atoms with Crippen molar-refractivity contribution in [2.24, 2.45) is 0 Å². The molecule has 0 aliphatic rings. The standard InChI is InChI=1S/C42H82O4/c1-3-5-7-9-11-13-15-17-19-21-23-25-27-29-31-33-35-39-45-41(43)37-38-42(44)46-40-36-34-32-30-28-26-24-22-20-18-16-14-12-10-8-6-4-2/h3-40H2,1-2H3. The SMILES string of the molecule is CCCCCCCCCCCCCCCCCCCOC(=O)CCC(=O)OCCCCCCCCCCCCCCCCCCC. The number of carbonyl (C=O) groups excluding carboxylic acids is 2. The molecule has 0 unspecified atom stereocenters. The number of carbonyl (C=O) groups is 2. The van der Waals surface area contributed by atoms with Crippen LogP contribution in [0.25, 0.3) is 0 Å². The largest absolute Gasteiger partial charge is 0.466 e. The normalized spacial score (nSPS) is 11.3. The highest BCUT2D eigenvalue weighted by molar-refractivity contribution is 5.77. The molecular weight excluding hydrogens is 568 g/mol. The summed E-state index contributed by atoms with van der Waals surface area (Å²) in [7, 11) is 0. The van der Waals surface area contributed by atoms with Crippen LogP contribution in [0, 0.1) is 0 Å². The Hall–Kier alpha value is -1.06. The molecule has 0 atom stereocenters. The molecule has 0 saturated heterocycles. The van der Waals surface area contributed by atoms with Crippen molar-refractivity contribution in [2.75, 3.05) is 13.2 Å². The summed E-state index contributed by atoms with van der Waals surface area (Å²) in [5.74, 6) is -0.544. The number of ether oxygens (including phenoxy) is 2. The summed E-state index contributed by atoms with van der Waals surface area (Å²) in [6.45, 7) is 5.52. The van der Waals surface area contributed by atoms with E-state index in [4.69, 9.17) is 9.47 Å². The smallest absolute Gasteiger partial charge is 0.306 e. The van der Waals surface area contributed by atoms with Gasteiger partial charge in [0.2, 0.25) is 0 Å². The number of esters is 2. The molecule has 4 nitrogen and oxygen atoms in total. The van der Waals surface area contributed by atoms with Crippen molar-refractivity contribution in [1.82, 2.24) is 0 Å². The zero-order valence-corrected chi connectivity index (χ0v) is 31.5. The van der Waals surface area contributed by atoms with E-state index in [1.165, 1.54) is 193 Å². The average molecular weight is 651 g/mol. The molecule has 0 saturated carbocycles. The Morgan fingerprint density at radius 3 is 0.652 bits per heavy atom. The Balaban J connectivity index is 3.25. The second-order valence-electron chi connectivity index (χ2n) is 14.3. The fraction of sp³-hybridized carbons (Fsp3) is 0.952. The molecule has 0 bridgehead atoms. The summed E-state index contributed by atoms with van der Waals surface area (Å²) in [6.07, 6.45) is 45.9. The molecule has 0 aromatic heterocycles. The highest BCUT2D eigenvalue weighted by atomic mass is 16.5. The predicted molar refractivity (Wildman–Crippen MR) is 199 cm³/mol. The van der Waals surface area contributed by atoms with Crippen molar-refractivity contribution >= 4 is 11.9 Å². The topological polar surface area (TPSA) is 52.6 Å². The van der Waals surface area contributed by atoms with Crippen molar-refractivity contribution in [2.45, 2.75) is 245 Å². The fourth-order valence-corrected chi connectivity index (χ4v) is 6.37. The molecule has 0 amide bonds. The maximum absolute atomic E-state index is 11.9.